The molecule has 1 aromatic heterocycles. The Kier molecular flexibility index (Phi) is 4.15. The van der Waals surface area contributed by atoms with Crippen molar-refractivity contribution in [3.63, 3.8) is 0 Å². The summed E-state index contributed by atoms with van der Waals surface area (Å²) in [6.07, 6.45) is 2.96. The summed E-state index contributed by atoms with van der Waals surface area (Å²) in [5, 5.41) is 4.30. The number of nitrogens with zero attached hydrogens (tertiary/aromatic N) is 1. The standard InChI is InChI=1S/C15H20N2O/c1-11(16-3)10-12(2)18-15-8-4-7-14-13(15)6-5-9-17-14/h4-9,11-12,16H,10H2,1-3H3. The van der Waals surface area contributed by atoms with Crippen LogP contribution in [0.4, 0.5) is 0 Å². The van der Waals surface area contributed by atoms with Crippen LogP contribution in [-0.4, -0.2) is 24.2 Å². The van der Waals surface area contributed by atoms with Crippen LogP contribution in [0.25, 0.3) is 10.9 Å². The second kappa shape index (κ2) is 5.83. The van der Waals surface area contributed by atoms with Crippen LogP contribution in [0.3, 0.4) is 0 Å². The van der Waals surface area contributed by atoms with Crippen LogP contribution in [0.15, 0.2) is 36.5 Å². The summed E-state index contributed by atoms with van der Waals surface area (Å²) < 4.78 is 6.02. The molecular formula is C15H20N2O. The molecule has 0 saturated heterocycles. The van der Waals surface area contributed by atoms with Crippen molar-refractivity contribution >= 4 is 10.9 Å². The number of pyridine rings is 1. The minimum absolute atomic E-state index is 0.179. The highest BCUT2D eigenvalue weighted by Crippen LogP contribution is 2.25. The first-order valence-electron chi connectivity index (χ1n) is 6.38. The first kappa shape index (κ1) is 12.8. The second-order valence-electron chi connectivity index (χ2n) is 4.68. The minimum Gasteiger partial charge on any atom is -0.490 e. The largest absolute Gasteiger partial charge is 0.490 e. The van der Waals surface area contributed by atoms with E-state index in [0.717, 1.165) is 23.1 Å². The molecule has 2 rings (SSSR count). The zero-order valence-corrected chi connectivity index (χ0v) is 11.2. The van der Waals surface area contributed by atoms with E-state index in [1.54, 1.807) is 6.20 Å². The van der Waals surface area contributed by atoms with E-state index >= 15 is 0 Å². The Morgan fingerprint density at radius 2 is 2.06 bits per heavy atom. The SMILES string of the molecule is CNC(C)CC(C)Oc1cccc2ncccc12. The van der Waals surface area contributed by atoms with Crippen molar-refractivity contribution < 1.29 is 4.74 Å². The number of hydrogen-bond donors (Lipinski definition) is 1. The first-order chi connectivity index (χ1) is 8.70. The van der Waals surface area contributed by atoms with Crippen molar-refractivity contribution in [2.24, 2.45) is 0 Å². The highest BCUT2D eigenvalue weighted by atomic mass is 16.5. The Morgan fingerprint density at radius 1 is 1.22 bits per heavy atom. The molecule has 1 heterocycles. The highest BCUT2D eigenvalue weighted by molar-refractivity contribution is 5.84. The zero-order valence-electron chi connectivity index (χ0n) is 11.2. The van der Waals surface area contributed by atoms with Gasteiger partial charge in [0.1, 0.15) is 5.75 Å². The average molecular weight is 244 g/mol. The van der Waals surface area contributed by atoms with Crippen molar-refractivity contribution in [3.8, 4) is 5.75 Å². The number of aromatic nitrogens is 1. The lowest BCUT2D eigenvalue weighted by molar-refractivity contribution is 0.200. The molecule has 2 atom stereocenters. The van der Waals surface area contributed by atoms with Crippen LogP contribution in [-0.2, 0) is 0 Å². The van der Waals surface area contributed by atoms with Gasteiger partial charge in [0.05, 0.1) is 11.6 Å². The van der Waals surface area contributed by atoms with Gasteiger partial charge in [-0.3, -0.25) is 4.98 Å². The molecule has 2 unspecified atom stereocenters. The molecule has 0 aliphatic rings. The Morgan fingerprint density at radius 3 is 2.83 bits per heavy atom. The van der Waals surface area contributed by atoms with Crippen molar-refractivity contribution in [1.82, 2.24) is 10.3 Å². The Balaban J connectivity index is 2.16. The number of hydrogen-bond acceptors (Lipinski definition) is 3. The molecule has 1 aromatic carbocycles. The van der Waals surface area contributed by atoms with Gasteiger partial charge in [-0.2, -0.15) is 0 Å². The summed E-state index contributed by atoms with van der Waals surface area (Å²) in [4.78, 5) is 4.33. The molecule has 3 heteroatoms. The van der Waals surface area contributed by atoms with Crippen LogP contribution >= 0.6 is 0 Å². The first-order valence-corrected chi connectivity index (χ1v) is 6.38. The summed E-state index contributed by atoms with van der Waals surface area (Å²) in [7, 11) is 1.97. The zero-order chi connectivity index (χ0) is 13.0. The third-order valence-electron chi connectivity index (χ3n) is 3.11. The molecule has 1 N–H and O–H groups in total. The Bertz CT molecular complexity index is 507. The van der Waals surface area contributed by atoms with Gasteiger partial charge in [-0.1, -0.05) is 6.07 Å². The third kappa shape index (κ3) is 2.99. The molecule has 96 valence electrons. The lowest BCUT2D eigenvalue weighted by atomic mass is 10.1. The van der Waals surface area contributed by atoms with Crippen molar-refractivity contribution in [2.45, 2.75) is 32.4 Å². The smallest absolute Gasteiger partial charge is 0.129 e. The normalized spacial score (nSPS) is 14.4. The summed E-state index contributed by atoms with van der Waals surface area (Å²) in [6, 6.07) is 10.4. The van der Waals surface area contributed by atoms with Crippen LogP contribution in [0.1, 0.15) is 20.3 Å². The lowest BCUT2D eigenvalue weighted by Gasteiger charge is -2.19. The summed E-state index contributed by atoms with van der Waals surface area (Å²) >= 11 is 0. The topological polar surface area (TPSA) is 34.1 Å². The van der Waals surface area contributed by atoms with Gasteiger partial charge in [-0.25, -0.2) is 0 Å². The molecule has 2 aromatic rings. The molecule has 0 spiro atoms. The van der Waals surface area contributed by atoms with E-state index in [1.165, 1.54) is 0 Å². The minimum atomic E-state index is 0.179. The number of fused-ring (bicyclic) bond motifs is 1. The van der Waals surface area contributed by atoms with E-state index in [-0.39, 0.29) is 6.10 Å². The van der Waals surface area contributed by atoms with Crippen molar-refractivity contribution in [3.05, 3.63) is 36.5 Å². The predicted octanol–water partition coefficient (Wildman–Crippen LogP) is 3.00. The molecule has 0 fully saturated rings. The van der Waals surface area contributed by atoms with Gasteiger partial charge in [0, 0.05) is 17.6 Å². The van der Waals surface area contributed by atoms with Crippen LogP contribution in [0, 0.1) is 0 Å². The maximum atomic E-state index is 6.02. The number of nitrogens with one attached hydrogen (secondary N) is 1. The molecule has 0 radical (unpaired) electrons. The maximum Gasteiger partial charge on any atom is 0.129 e. The Hall–Kier alpha value is -1.61. The average Bonchev–Trinajstić information content (AvgIpc) is 2.39. The van der Waals surface area contributed by atoms with Crippen molar-refractivity contribution in [1.29, 1.82) is 0 Å². The van der Waals surface area contributed by atoms with E-state index in [0.29, 0.717) is 6.04 Å². The summed E-state index contributed by atoms with van der Waals surface area (Å²) in [6.45, 7) is 4.26. The highest BCUT2D eigenvalue weighted by Gasteiger charge is 2.10. The number of benzene rings is 1. The molecule has 0 bridgehead atoms. The van der Waals surface area contributed by atoms with E-state index < -0.39 is 0 Å². The summed E-state index contributed by atoms with van der Waals surface area (Å²) in [5.41, 5.74) is 0.976. The van der Waals surface area contributed by atoms with Gasteiger partial charge in [0.2, 0.25) is 0 Å². The summed E-state index contributed by atoms with van der Waals surface area (Å²) in [5.74, 6) is 0.913. The third-order valence-corrected chi connectivity index (χ3v) is 3.11. The van der Waals surface area contributed by atoms with E-state index in [9.17, 15) is 0 Å². The Labute approximate surface area is 108 Å². The fourth-order valence-corrected chi connectivity index (χ4v) is 2.06. The lowest BCUT2D eigenvalue weighted by Crippen LogP contribution is -2.28. The monoisotopic (exact) mass is 244 g/mol. The van der Waals surface area contributed by atoms with E-state index in [2.05, 4.69) is 24.1 Å². The fraction of sp³-hybridized carbons (Fsp3) is 0.400. The van der Waals surface area contributed by atoms with Crippen molar-refractivity contribution in [2.75, 3.05) is 7.05 Å². The molecule has 18 heavy (non-hydrogen) atoms. The molecule has 0 aliphatic heterocycles. The molecule has 0 aliphatic carbocycles. The molecule has 0 saturated carbocycles. The molecule has 3 nitrogen and oxygen atoms in total. The van der Waals surface area contributed by atoms with Gasteiger partial charge >= 0.3 is 0 Å². The molecule has 0 amide bonds. The van der Waals surface area contributed by atoms with Crippen LogP contribution < -0.4 is 10.1 Å². The fourth-order valence-electron chi connectivity index (χ4n) is 2.06. The van der Waals surface area contributed by atoms with Gasteiger partial charge in [-0.15, -0.1) is 0 Å². The van der Waals surface area contributed by atoms with Gasteiger partial charge < -0.3 is 10.1 Å². The predicted molar refractivity (Wildman–Crippen MR) is 75.0 cm³/mol. The number of ether oxygens (including phenoxy) is 1. The molecular weight excluding hydrogens is 224 g/mol. The number of rotatable bonds is 5. The van der Waals surface area contributed by atoms with Gasteiger partial charge in [-0.05, 0) is 51.6 Å². The second-order valence-corrected chi connectivity index (χ2v) is 4.68. The quantitative estimate of drug-likeness (QED) is 0.878. The van der Waals surface area contributed by atoms with E-state index in [4.69, 9.17) is 4.74 Å². The van der Waals surface area contributed by atoms with Gasteiger partial charge in [0.15, 0.2) is 0 Å². The van der Waals surface area contributed by atoms with Crippen LogP contribution in [0.2, 0.25) is 0 Å². The van der Waals surface area contributed by atoms with E-state index in [1.807, 2.05) is 37.4 Å². The van der Waals surface area contributed by atoms with Crippen LogP contribution in [0.5, 0.6) is 5.75 Å². The maximum absolute atomic E-state index is 6.02. The van der Waals surface area contributed by atoms with Gasteiger partial charge in [0.25, 0.3) is 0 Å².